The number of rotatable bonds is 5. The summed E-state index contributed by atoms with van der Waals surface area (Å²) in [7, 11) is 0. The molecule has 0 aliphatic rings. The van der Waals surface area contributed by atoms with Crippen LogP contribution in [-0.4, -0.2) is 33.7 Å². The fraction of sp³-hybridized carbons (Fsp3) is 0.333. The van der Waals surface area contributed by atoms with Gasteiger partial charge in [0.05, 0.1) is 12.2 Å². The van der Waals surface area contributed by atoms with E-state index < -0.39 is 12.0 Å². The van der Waals surface area contributed by atoms with Gasteiger partial charge in [-0.25, -0.2) is 9.89 Å². The maximum Gasteiger partial charge on any atom is 0.321 e. The summed E-state index contributed by atoms with van der Waals surface area (Å²) in [6.07, 6.45) is 1.33. The lowest BCUT2D eigenvalue weighted by atomic mass is 10.4. The van der Waals surface area contributed by atoms with Gasteiger partial charge in [-0.15, -0.1) is 0 Å². The Hall–Kier alpha value is -2.38. The second kappa shape index (κ2) is 6.26. The van der Waals surface area contributed by atoms with Crippen molar-refractivity contribution in [3.05, 3.63) is 18.7 Å². The van der Waals surface area contributed by atoms with Gasteiger partial charge in [0.2, 0.25) is 5.95 Å². The minimum atomic E-state index is -0.482. The molecule has 92 valence electrons. The maximum absolute atomic E-state index is 11.2. The van der Waals surface area contributed by atoms with Crippen molar-refractivity contribution >= 4 is 17.9 Å². The Morgan fingerprint density at radius 3 is 2.94 bits per heavy atom. The van der Waals surface area contributed by atoms with Gasteiger partial charge in [0.1, 0.15) is 6.33 Å². The van der Waals surface area contributed by atoms with E-state index in [0.29, 0.717) is 5.76 Å². The average molecular weight is 239 g/mol. The zero-order valence-corrected chi connectivity index (χ0v) is 9.32. The van der Waals surface area contributed by atoms with Crippen LogP contribution in [0.3, 0.4) is 0 Å². The molecular weight excluding hydrogens is 226 g/mol. The number of aromatic nitrogens is 3. The van der Waals surface area contributed by atoms with Gasteiger partial charge in [-0.1, -0.05) is 6.58 Å². The highest BCUT2D eigenvalue weighted by molar-refractivity contribution is 5.87. The van der Waals surface area contributed by atoms with E-state index >= 15 is 0 Å². The number of aromatic amines is 1. The number of anilines is 1. The number of carbonyl (C=O) groups excluding carboxylic acids is 2. The number of amides is 2. The Morgan fingerprint density at radius 2 is 2.35 bits per heavy atom. The third-order valence-electron chi connectivity index (χ3n) is 1.55. The van der Waals surface area contributed by atoms with Gasteiger partial charge in [-0.05, 0) is 6.92 Å². The van der Waals surface area contributed by atoms with Gasteiger partial charge in [0, 0.05) is 6.54 Å². The van der Waals surface area contributed by atoms with Crippen LogP contribution in [0.5, 0.6) is 0 Å². The molecule has 0 aliphatic heterocycles. The highest BCUT2D eigenvalue weighted by atomic mass is 16.5. The number of hydrogen-bond acceptors (Lipinski definition) is 5. The van der Waals surface area contributed by atoms with Crippen molar-refractivity contribution in [2.45, 2.75) is 13.3 Å². The molecule has 0 aliphatic carbocycles. The smallest absolute Gasteiger partial charge is 0.321 e. The van der Waals surface area contributed by atoms with Crippen molar-refractivity contribution < 1.29 is 14.3 Å². The Labute approximate surface area is 97.4 Å². The van der Waals surface area contributed by atoms with Crippen molar-refractivity contribution in [2.24, 2.45) is 0 Å². The highest BCUT2D eigenvalue weighted by Gasteiger charge is 2.06. The second-order valence-corrected chi connectivity index (χ2v) is 3.14. The minimum Gasteiger partial charge on any atom is -0.432 e. The lowest BCUT2D eigenvalue weighted by molar-refractivity contribution is -0.139. The monoisotopic (exact) mass is 239 g/mol. The molecule has 0 spiro atoms. The summed E-state index contributed by atoms with van der Waals surface area (Å²) in [4.78, 5) is 26.0. The normalized spacial score (nSPS) is 9.47. The van der Waals surface area contributed by atoms with E-state index in [2.05, 4.69) is 32.4 Å². The van der Waals surface area contributed by atoms with Crippen molar-refractivity contribution in [3.8, 4) is 0 Å². The first-order chi connectivity index (χ1) is 8.08. The zero-order chi connectivity index (χ0) is 12.7. The standard InChI is InChI=1S/C9H13N5O3/c1-6(2)17-7(15)3-4-10-9(16)13-8-11-5-12-14-8/h5H,1,3-4H2,2H3,(H3,10,11,12,13,14,16). The summed E-state index contributed by atoms with van der Waals surface area (Å²) < 4.78 is 4.70. The topological polar surface area (TPSA) is 109 Å². The molecule has 0 radical (unpaired) electrons. The quantitative estimate of drug-likeness (QED) is 0.508. The summed E-state index contributed by atoms with van der Waals surface area (Å²) in [6, 6.07) is -0.482. The van der Waals surface area contributed by atoms with Crippen LogP contribution in [0.4, 0.5) is 10.7 Å². The average Bonchev–Trinajstić information content (AvgIpc) is 2.69. The highest BCUT2D eigenvalue weighted by Crippen LogP contribution is 1.94. The van der Waals surface area contributed by atoms with Crippen LogP contribution in [0.2, 0.25) is 0 Å². The third kappa shape index (κ3) is 5.30. The molecule has 0 atom stereocenters. The summed E-state index contributed by atoms with van der Waals surface area (Å²) in [6.45, 7) is 5.16. The fourth-order valence-electron chi connectivity index (χ4n) is 0.941. The molecule has 0 saturated carbocycles. The van der Waals surface area contributed by atoms with Crippen LogP contribution in [0.25, 0.3) is 0 Å². The predicted octanol–water partition coefficient (Wildman–Crippen LogP) is 0.393. The van der Waals surface area contributed by atoms with Crippen LogP contribution < -0.4 is 10.6 Å². The predicted molar refractivity (Wildman–Crippen MR) is 58.9 cm³/mol. The first kappa shape index (κ1) is 12.7. The largest absolute Gasteiger partial charge is 0.432 e. The zero-order valence-electron chi connectivity index (χ0n) is 9.32. The Balaban J connectivity index is 2.16. The molecule has 0 aromatic carbocycles. The first-order valence-corrected chi connectivity index (χ1v) is 4.84. The molecule has 8 nitrogen and oxygen atoms in total. The van der Waals surface area contributed by atoms with Crippen molar-refractivity contribution in [1.29, 1.82) is 0 Å². The van der Waals surface area contributed by atoms with Crippen LogP contribution in [-0.2, 0) is 9.53 Å². The van der Waals surface area contributed by atoms with Crippen LogP contribution in [0.15, 0.2) is 18.7 Å². The first-order valence-electron chi connectivity index (χ1n) is 4.84. The number of esters is 1. The summed E-state index contributed by atoms with van der Waals surface area (Å²) >= 11 is 0. The molecule has 8 heteroatoms. The van der Waals surface area contributed by atoms with E-state index in [1.54, 1.807) is 6.92 Å². The Morgan fingerprint density at radius 1 is 1.59 bits per heavy atom. The second-order valence-electron chi connectivity index (χ2n) is 3.14. The van der Waals surface area contributed by atoms with E-state index in [9.17, 15) is 9.59 Å². The van der Waals surface area contributed by atoms with E-state index in [0.717, 1.165) is 0 Å². The number of H-pyrrole nitrogens is 1. The van der Waals surface area contributed by atoms with Gasteiger partial charge in [-0.2, -0.15) is 10.1 Å². The summed E-state index contributed by atoms with van der Waals surface area (Å²) in [5, 5.41) is 10.9. The fourth-order valence-corrected chi connectivity index (χ4v) is 0.941. The van der Waals surface area contributed by atoms with Crippen LogP contribution in [0, 0.1) is 0 Å². The van der Waals surface area contributed by atoms with Crippen LogP contribution >= 0.6 is 0 Å². The van der Waals surface area contributed by atoms with Gasteiger partial charge in [0.25, 0.3) is 0 Å². The van der Waals surface area contributed by atoms with Gasteiger partial charge in [-0.3, -0.25) is 10.1 Å². The van der Waals surface area contributed by atoms with E-state index in [1.807, 2.05) is 0 Å². The van der Waals surface area contributed by atoms with E-state index in [-0.39, 0.29) is 18.9 Å². The van der Waals surface area contributed by atoms with E-state index in [4.69, 9.17) is 4.74 Å². The Bertz CT molecular complexity index is 401. The maximum atomic E-state index is 11.2. The molecule has 0 bridgehead atoms. The minimum absolute atomic E-state index is 0.0662. The molecule has 0 saturated heterocycles. The molecular formula is C9H13N5O3. The molecule has 1 rings (SSSR count). The molecule has 1 heterocycles. The van der Waals surface area contributed by atoms with Crippen molar-refractivity contribution in [2.75, 3.05) is 11.9 Å². The number of allylic oxidation sites excluding steroid dienone is 1. The van der Waals surface area contributed by atoms with Crippen molar-refractivity contribution in [3.63, 3.8) is 0 Å². The number of hydrogen-bond donors (Lipinski definition) is 3. The molecule has 17 heavy (non-hydrogen) atoms. The molecule has 3 N–H and O–H groups in total. The molecule has 1 aromatic rings. The number of nitrogens with zero attached hydrogens (tertiary/aromatic N) is 2. The molecule has 2 amide bonds. The molecule has 0 unspecified atom stereocenters. The summed E-state index contributed by atoms with van der Waals surface area (Å²) in [5.74, 6) is 0.102. The van der Waals surface area contributed by atoms with Gasteiger partial charge < -0.3 is 10.1 Å². The van der Waals surface area contributed by atoms with Gasteiger partial charge in [0.15, 0.2) is 0 Å². The summed E-state index contributed by atoms with van der Waals surface area (Å²) in [5.41, 5.74) is 0. The molecule has 0 fully saturated rings. The number of carbonyl (C=O) groups is 2. The van der Waals surface area contributed by atoms with Gasteiger partial charge >= 0.3 is 12.0 Å². The molecule has 1 aromatic heterocycles. The lowest BCUT2D eigenvalue weighted by Crippen LogP contribution is -2.31. The number of urea groups is 1. The van der Waals surface area contributed by atoms with E-state index in [1.165, 1.54) is 6.33 Å². The number of nitrogens with one attached hydrogen (secondary N) is 3. The number of ether oxygens (including phenoxy) is 1. The van der Waals surface area contributed by atoms with Crippen molar-refractivity contribution in [1.82, 2.24) is 20.5 Å². The lowest BCUT2D eigenvalue weighted by Gasteiger charge is -2.05. The SMILES string of the molecule is C=C(C)OC(=O)CCNC(=O)Nc1ncn[nH]1. The van der Waals surface area contributed by atoms with Crippen LogP contribution in [0.1, 0.15) is 13.3 Å². The third-order valence-corrected chi connectivity index (χ3v) is 1.55. The Kier molecular flexibility index (Phi) is 4.67.